The van der Waals surface area contributed by atoms with E-state index in [2.05, 4.69) is 25.8 Å². The van der Waals surface area contributed by atoms with Gasteiger partial charge < -0.3 is 0 Å². The van der Waals surface area contributed by atoms with Gasteiger partial charge in [0.05, 0.1) is 15.1 Å². The summed E-state index contributed by atoms with van der Waals surface area (Å²) in [6.45, 7) is 5.36. The van der Waals surface area contributed by atoms with Crippen molar-refractivity contribution in [3.8, 4) is 0 Å². The molecule has 0 amide bonds. The number of nitrogens with zero attached hydrogens (tertiary/aromatic N) is 2. The van der Waals surface area contributed by atoms with Gasteiger partial charge in [-0.05, 0) is 54.8 Å². The molecule has 0 aliphatic heterocycles. The van der Waals surface area contributed by atoms with Crippen molar-refractivity contribution in [1.29, 1.82) is 0 Å². The van der Waals surface area contributed by atoms with E-state index in [1.54, 1.807) is 19.1 Å². The van der Waals surface area contributed by atoms with Crippen LogP contribution in [-0.2, 0) is 22.7 Å². The van der Waals surface area contributed by atoms with Crippen molar-refractivity contribution in [3.63, 3.8) is 0 Å². The fourth-order valence-electron chi connectivity index (χ4n) is 2.54. The average molecular weight is 454 g/mol. The van der Waals surface area contributed by atoms with E-state index in [0.29, 0.717) is 17.7 Å². The highest BCUT2D eigenvalue weighted by molar-refractivity contribution is 9.10. The van der Waals surface area contributed by atoms with Crippen LogP contribution in [0.4, 0.5) is 13.2 Å². The molecule has 0 aliphatic carbocycles. The van der Waals surface area contributed by atoms with Crippen molar-refractivity contribution >= 4 is 26.0 Å². The molecule has 5 nitrogen and oxygen atoms in total. The van der Waals surface area contributed by atoms with Crippen molar-refractivity contribution < 1.29 is 21.6 Å². The molecule has 2 rings (SSSR count). The molecule has 1 heterocycles. The number of aryl methyl sites for hydroxylation is 3. The van der Waals surface area contributed by atoms with Gasteiger partial charge in [-0.1, -0.05) is 17.7 Å². The summed E-state index contributed by atoms with van der Waals surface area (Å²) < 4.78 is 66.8. The second-order valence-electron chi connectivity index (χ2n) is 5.99. The quantitative estimate of drug-likeness (QED) is 0.673. The average Bonchev–Trinajstić information content (AvgIpc) is 2.79. The summed E-state index contributed by atoms with van der Waals surface area (Å²) in [6, 6.07) is 5.03. The number of benzene rings is 1. The third-order valence-corrected chi connectivity index (χ3v) is 6.43. The van der Waals surface area contributed by atoms with Gasteiger partial charge >= 0.3 is 6.18 Å². The maximum atomic E-state index is 12.8. The maximum absolute atomic E-state index is 12.8. The first kappa shape index (κ1) is 20.9. The smallest absolute Gasteiger partial charge is 0.268 e. The molecule has 0 unspecified atom stereocenters. The van der Waals surface area contributed by atoms with Crippen molar-refractivity contribution in [2.75, 3.05) is 6.54 Å². The number of aromatic nitrogens is 2. The number of hydrogen-bond acceptors (Lipinski definition) is 3. The van der Waals surface area contributed by atoms with Crippen LogP contribution in [0.2, 0.25) is 0 Å². The lowest BCUT2D eigenvalue weighted by Crippen LogP contribution is -2.26. The minimum atomic E-state index is -4.54. The van der Waals surface area contributed by atoms with Crippen LogP contribution < -0.4 is 4.72 Å². The molecule has 144 valence electrons. The Morgan fingerprint density at radius 1 is 1.23 bits per heavy atom. The standard InChI is InChI=1S/C16H19BrF3N3O2S/c1-10-5-6-13(11(2)9-10)26(24,25)21-7-4-8-23-12(3)14(17)15(22-23)16(18,19)20/h5-6,9,21H,4,7-8H2,1-3H3. The van der Waals surface area contributed by atoms with Crippen molar-refractivity contribution in [3.05, 3.63) is 45.2 Å². The minimum absolute atomic E-state index is 0.0912. The van der Waals surface area contributed by atoms with Gasteiger partial charge in [0.15, 0.2) is 5.69 Å². The van der Waals surface area contributed by atoms with Crippen LogP contribution in [0.5, 0.6) is 0 Å². The van der Waals surface area contributed by atoms with Gasteiger partial charge in [-0.3, -0.25) is 4.68 Å². The van der Waals surface area contributed by atoms with Crippen LogP contribution in [0.15, 0.2) is 27.6 Å². The van der Waals surface area contributed by atoms with Crippen LogP contribution in [0.1, 0.15) is 28.9 Å². The maximum Gasteiger partial charge on any atom is 0.436 e. The molecular weight excluding hydrogens is 435 g/mol. The lowest BCUT2D eigenvalue weighted by Gasteiger charge is -2.10. The van der Waals surface area contributed by atoms with Gasteiger partial charge in [0, 0.05) is 13.1 Å². The summed E-state index contributed by atoms with van der Waals surface area (Å²) in [5.41, 5.74) is 0.959. The fraction of sp³-hybridized carbons (Fsp3) is 0.438. The Hall–Kier alpha value is -1.39. The number of rotatable bonds is 6. The SMILES string of the molecule is Cc1ccc(S(=O)(=O)NCCCn2nc(C(F)(F)F)c(Br)c2C)c(C)c1. The minimum Gasteiger partial charge on any atom is -0.268 e. The van der Waals surface area contributed by atoms with E-state index in [1.807, 2.05) is 6.92 Å². The number of hydrogen-bond donors (Lipinski definition) is 1. The number of nitrogens with one attached hydrogen (secondary N) is 1. The Morgan fingerprint density at radius 3 is 2.42 bits per heavy atom. The Balaban J connectivity index is 2.01. The van der Waals surface area contributed by atoms with Crippen LogP contribution in [-0.4, -0.2) is 24.7 Å². The highest BCUT2D eigenvalue weighted by Gasteiger charge is 2.37. The number of halogens is 4. The first-order valence-corrected chi connectivity index (χ1v) is 10.1. The number of alkyl halides is 3. The van der Waals surface area contributed by atoms with E-state index < -0.39 is 21.9 Å². The molecule has 0 bridgehead atoms. The molecule has 26 heavy (non-hydrogen) atoms. The molecule has 10 heteroatoms. The second-order valence-corrected chi connectivity index (χ2v) is 8.52. The normalized spacial score (nSPS) is 12.6. The van der Waals surface area contributed by atoms with Gasteiger partial charge in [0.1, 0.15) is 0 Å². The molecule has 1 N–H and O–H groups in total. The van der Waals surface area contributed by atoms with Crippen molar-refractivity contribution in [2.24, 2.45) is 0 Å². The van der Waals surface area contributed by atoms with E-state index in [0.717, 1.165) is 5.56 Å². The lowest BCUT2D eigenvalue weighted by molar-refractivity contribution is -0.142. The molecule has 0 fully saturated rings. The Bertz CT molecular complexity index is 908. The molecule has 0 saturated heterocycles. The summed E-state index contributed by atoms with van der Waals surface area (Å²) in [7, 11) is -3.67. The van der Waals surface area contributed by atoms with Crippen LogP contribution in [0, 0.1) is 20.8 Å². The monoisotopic (exact) mass is 453 g/mol. The van der Waals surface area contributed by atoms with Crippen LogP contribution in [0.3, 0.4) is 0 Å². The predicted octanol–water partition coefficient (Wildman–Crippen LogP) is 3.96. The van der Waals surface area contributed by atoms with Crippen LogP contribution in [0.25, 0.3) is 0 Å². The van der Waals surface area contributed by atoms with Gasteiger partial charge in [-0.2, -0.15) is 18.3 Å². The second kappa shape index (κ2) is 7.69. The van der Waals surface area contributed by atoms with E-state index in [9.17, 15) is 21.6 Å². The third-order valence-electron chi connectivity index (χ3n) is 3.86. The molecule has 1 aromatic heterocycles. The Labute approximate surface area is 158 Å². The summed E-state index contributed by atoms with van der Waals surface area (Å²) in [5, 5.41) is 3.56. The van der Waals surface area contributed by atoms with Crippen molar-refractivity contribution in [2.45, 2.75) is 44.8 Å². The molecule has 0 atom stereocenters. The third kappa shape index (κ3) is 4.66. The Morgan fingerprint density at radius 2 is 1.88 bits per heavy atom. The lowest BCUT2D eigenvalue weighted by atomic mass is 10.2. The first-order valence-electron chi connectivity index (χ1n) is 7.80. The highest BCUT2D eigenvalue weighted by Crippen LogP contribution is 2.35. The zero-order valence-corrected chi connectivity index (χ0v) is 16.9. The van der Waals surface area contributed by atoms with Gasteiger partial charge in [0.25, 0.3) is 0 Å². The summed E-state index contributed by atoms with van der Waals surface area (Å²) in [4.78, 5) is 0.195. The first-order chi connectivity index (χ1) is 11.9. The molecule has 0 aliphatic rings. The zero-order valence-electron chi connectivity index (χ0n) is 14.5. The van der Waals surface area contributed by atoms with E-state index >= 15 is 0 Å². The molecular formula is C16H19BrF3N3O2S. The Kier molecular flexibility index (Phi) is 6.19. The fourth-order valence-corrected chi connectivity index (χ4v) is 4.34. The zero-order chi connectivity index (χ0) is 19.7. The molecule has 2 aromatic rings. The van der Waals surface area contributed by atoms with Crippen molar-refractivity contribution in [1.82, 2.24) is 14.5 Å². The summed E-state index contributed by atoms with van der Waals surface area (Å²) >= 11 is 2.91. The van der Waals surface area contributed by atoms with Gasteiger partial charge in [-0.15, -0.1) is 0 Å². The molecule has 0 radical (unpaired) electrons. The summed E-state index contributed by atoms with van der Waals surface area (Å²) in [5.74, 6) is 0. The van der Waals surface area contributed by atoms with E-state index in [-0.39, 0.29) is 22.5 Å². The highest BCUT2D eigenvalue weighted by atomic mass is 79.9. The van der Waals surface area contributed by atoms with E-state index in [4.69, 9.17) is 0 Å². The molecule has 1 aromatic carbocycles. The molecule has 0 spiro atoms. The molecule has 0 saturated carbocycles. The van der Waals surface area contributed by atoms with Gasteiger partial charge in [-0.25, -0.2) is 13.1 Å². The summed E-state index contributed by atoms with van der Waals surface area (Å²) in [6.07, 6.45) is -4.24. The number of sulfonamides is 1. The van der Waals surface area contributed by atoms with Gasteiger partial charge in [0.2, 0.25) is 10.0 Å². The topological polar surface area (TPSA) is 64.0 Å². The largest absolute Gasteiger partial charge is 0.436 e. The van der Waals surface area contributed by atoms with E-state index in [1.165, 1.54) is 17.7 Å². The van der Waals surface area contributed by atoms with Crippen LogP contribution >= 0.6 is 15.9 Å². The predicted molar refractivity (Wildman–Crippen MR) is 95.4 cm³/mol.